The highest BCUT2D eigenvalue weighted by molar-refractivity contribution is 14.0. The molecule has 0 spiro atoms. The molecule has 0 bridgehead atoms. The van der Waals surface area contributed by atoms with Gasteiger partial charge in [0, 0.05) is 65.6 Å². The smallest absolute Gasteiger partial charge is 0.191 e. The largest absolute Gasteiger partial charge is 0.382 e. The fourth-order valence-corrected chi connectivity index (χ4v) is 3.52. The van der Waals surface area contributed by atoms with E-state index in [1.807, 2.05) is 6.92 Å². The van der Waals surface area contributed by atoms with E-state index < -0.39 is 0 Å². The lowest BCUT2D eigenvalue weighted by atomic mass is 10.2. The Morgan fingerprint density at radius 1 is 0.967 bits per heavy atom. The van der Waals surface area contributed by atoms with Gasteiger partial charge in [-0.25, -0.2) is 0 Å². The number of ether oxygens (including phenoxy) is 1. The number of piperazine rings is 1. The number of guanidine groups is 1. The van der Waals surface area contributed by atoms with Gasteiger partial charge in [0.1, 0.15) is 0 Å². The van der Waals surface area contributed by atoms with Crippen LogP contribution in [0.4, 0.5) is 0 Å². The second-order valence-electron chi connectivity index (χ2n) is 7.55. The van der Waals surface area contributed by atoms with Gasteiger partial charge in [-0.15, -0.1) is 24.0 Å². The first kappa shape index (κ1) is 27.1. The predicted octanol–water partition coefficient (Wildman–Crippen LogP) is 3.18. The van der Waals surface area contributed by atoms with Crippen molar-refractivity contribution in [2.24, 2.45) is 4.99 Å². The third-order valence-electron chi connectivity index (χ3n) is 5.17. The van der Waals surface area contributed by atoms with E-state index in [9.17, 15) is 0 Å². The van der Waals surface area contributed by atoms with Crippen LogP contribution < -0.4 is 10.6 Å². The Morgan fingerprint density at radius 3 is 2.40 bits per heavy atom. The van der Waals surface area contributed by atoms with Crippen molar-refractivity contribution in [2.45, 2.75) is 39.7 Å². The third kappa shape index (κ3) is 12.1. The molecule has 2 rings (SSSR count). The van der Waals surface area contributed by atoms with Crippen LogP contribution in [0.3, 0.4) is 0 Å². The molecule has 0 atom stereocenters. The molecule has 1 aromatic carbocycles. The molecule has 1 heterocycles. The number of hydrogen-bond donors (Lipinski definition) is 2. The average molecular weight is 532 g/mol. The van der Waals surface area contributed by atoms with E-state index in [0.717, 1.165) is 51.8 Å². The van der Waals surface area contributed by atoms with Crippen molar-refractivity contribution < 1.29 is 4.74 Å². The van der Waals surface area contributed by atoms with Crippen molar-refractivity contribution in [1.29, 1.82) is 0 Å². The highest BCUT2D eigenvalue weighted by Gasteiger charge is 2.16. The summed E-state index contributed by atoms with van der Waals surface area (Å²) in [6, 6.07) is 10.8. The van der Waals surface area contributed by atoms with E-state index in [4.69, 9.17) is 4.74 Å². The van der Waals surface area contributed by atoms with Crippen LogP contribution in [0.2, 0.25) is 0 Å². The third-order valence-corrected chi connectivity index (χ3v) is 5.17. The molecule has 1 aliphatic heterocycles. The quantitative estimate of drug-likeness (QED) is 0.177. The molecule has 7 heteroatoms. The first-order valence-electron chi connectivity index (χ1n) is 11.4. The monoisotopic (exact) mass is 531 g/mol. The topological polar surface area (TPSA) is 52.1 Å². The van der Waals surface area contributed by atoms with Gasteiger partial charge in [0.2, 0.25) is 0 Å². The van der Waals surface area contributed by atoms with E-state index in [1.165, 1.54) is 51.1 Å². The number of unbranched alkanes of at least 4 members (excludes halogenated alkanes) is 1. The molecular formula is C23H42IN5O. The minimum absolute atomic E-state index is 0. The Hall–Kier alpha value is -0.900. The van der Waals surface area contributed by atoms with Gasteiger partial charge < -0.3 is 20.3 Å². The summed E-state index contributed by atoms with van der Waals surface area (Å²) in [6.45, 7) is 15.4. The van der Waals surface area contributed by atoms with Crippen LogP contribution in [-0.2, 0) is 11.3 Å². The van der Waals surface area contributed by atoms with Gasteiger partial charge in [0.25, 0.3) is 0 Å². The van der Waals surface area contributed by atoms with Crippen LogP contribution in [0.1, 0.15) is 38.7 Å². The van der Waals surface area contributed by atoms with Gasteiger partial charge in [-0.1, -0.05) is 30.3 Å². The molecule has 30 heavy (non-hydrogen) atoms. The van der Waals surface area contributed by atoms with E-state index >= 15 is 0 Å². The van der Waals surface area contributed by atoms with Gasteiger partial charge in [-0.2, -0.15) is 0 Å². The number of rotatable bonds is 13. The van der Waals surface area contributed by atoms with Gasteiger partial charge in [-0.3, -0.25) is 9.89 Å². The van der Waals surface area contributed by atoms with Crippen LogP contribution in [0.5, 0.6) is 0 Å². The minimum Gasteiger partial charge on any atom is -0.382 e. The molecule has 6 nitrogen and oxygen atoms in total. The van der Waals surface area contributed by atoms with Gasteiger partial charge in [0.05, 0.1) is 0 Å². The minimum atomic E-state index is 0. The number of hydrogen-bond acceptors (Lipinski definition) is 4. The molecule has 1 fully saturated rings. The molecule has 172 valence electrons. The Morgan fingerprint density at radius 2 is 1.70 bits per heavy atom. The summed E-state index contributed by atoms with van der Waals surface area (Å²) in [4.78, 5) is 9.79. The predicted molar refractivity (Wildman–Crippen MR) is 138 cm³/mol. The summed E-state index contributed by atoms with van der Waals surface area (Å²) in [5.41, 5.74) is 1.42. The molecule has 1 aliphatic rings. The Bertz CT molecular complexity index is 550. The van der Waals surface area contributed by atoms with Crippen LogP contribution >= 0.6 is 24.0 Å². The van der Waals surface area contributed by atoms with Crippen molar-refractivity contribution in [3.8, 4) is 0 Å². The highest BCUT2D eigenvalue weighted by atomic mass is 127. The van der Waals surface area contributed by atoms with E-state index in [0.29, 0.717) is 0 Å². The van der Waals surface area contributed by atoms with Crippen LogP contribution in [0, 0.1) is 0 Å². The molecule has 0 saturated carbocycles. The fraction of sp³-hybridized carbons (Fsp3) is 0.696. The van der Waals surface area contributed by atoms with Crippen molar-refractivity contribution >= 4 is 29.9 Å². The lowest BCUT2D eigenvalue weighted by Crippen LogP contribution is -2.46. The summed E-state index contributed by atoms with van der Waals surface area (Å²) in [5.74, 6) is 0.929. The lowest BCUT2D eigenvalue weighted by molar-refractivity contribution is 0.126. The summed E-state index contributed by atoms with van der Waals surface area (Å²) in [6.07, 6.45) is 3.38. The van der Waals surface area contributed by atoms with E-state index in [1.54, 1.807) is 0 Å². The van der Waals surface area contributed by atoms with E-state index in [2.05, 4.69) is 62.7 Å². The number of nitrogens with one attached hydrogen (secondary N) is 2. The maximum absolute atomic E-state index is 5.36. The molecule has 2 N–H and O–H groups in total. The standard InChI is InChI=1S/C23H41N5O.HI/c1-3-24-23(26-14-10-20-29-4-2)25-13-8-9-15-27-16-18-28(19-17-27)21-22-11-6-5-7-12-22;/h5-7,11-12H,3-4,8-10,13-21H2,1-2H3,(H2,24,25,26);1H. The zero-order valence-corrected chi connectivity index (χ0v) is 21.3. The zero-order chi connectivity index (χ0) is 20.6. The maximum Gasteiger partial charge on any atom is 0.191 e. The van der Waals surface area contributed by atoms with Crippen LogP contribution in [-0.4, -0.2) is 81.3 Å². The Kier molecular flexibility index (Phi) is 16.1. The first-order valence-corrected chi connectivity index (χ1v) is 11.4. The average Bonchev–Trinajstić information content (AvgIpc) is 2.75. The molecule has 0 aliphatic carbocycles. The number of nitrogens with zero attached hydrogens (tertiary/aromatic N) is 3. The summed E-state index contributed by atoms with van der Waals surface area (Å²) >= 11 is 0. The molecule has 0 aromatic heterocycles. The highest BCUT2D eigenvalue weighted by Crippen LogP contribution is 2.09. The summed E-state index contributed by atoms with van der Waals surface area (Å²) in [5, 5.41) is 6.78. The SMILES string of the molecule is CCNC(=NCCCOCC)NCCCCN1CCN(Cc2ccccc2)CC1.I. The second-order valence-corrected chi connectivity index (χ2v) is 7.55. The fourth-order valence-electron chi connectivity index (χ4n) is 3.52. The second kappa shape index (κ2) is 17.7. The van der Waals surface area contributed by atoms with Gasteiger partial charge >= 0.3 is 0 Å². The van der Waals surface area contributed by atoms with Crippen molar-refractivity contribution in [3.05, 3.63) is 35.9 Å². The summed E-state index contributed by atoms with van der Waals surface area (Å²) < 4.78 is 5.36. The number of benzene rings is 1. The van der Waals surface area contributed by atoms with Crippen LogP contribution in [0.25, 0.3) is 0 Å². The van der Waals surface area contributed by atoms with E-state index in [-0.39, 0.29) is 24.0 Å². The van der Waals surface area contributed by atoms with Crippen LogP contribution in [0.15, 0.2) is 35.3 Å². The molecule has 1 saturated heterocycles. The molecule has 0 amide bonds. The van der Waals surface area contributed by atoms with Gasteiger partial charge in [-0.05, 0) is 45.2 Å². The molecule has 1 aromatic rings. The molecule has 0 unspecified atom stereocenters. The normalized spacial score (nSPS) is 15.6. The number of aliphatic imine (C=N–C) groups is 1. The summed E-state index contributed by atoms with van der Waals surface area (Å²) in [7, 11) is 0. The maximum atomic E-state index is 5.36. The lowest BCUT2D eigenvalue weighted by Gasteiger charge is -2.34. The van der Waals surface area contributed by atoms with Crippen molar-refractivity contribution in [3.63, 3.8) is 0 Å². The first-order chi connectivity index (χ1) is 14.3. The Labute approximate surface area is 200 Å². The zero-order valence-electron chi connectivity index (χ0n) is 18.9. The van der Waals surface area contributed by atoms with Gasteiger partial charge in [0.15, 0.2) is 5.96 Å². The Balaban J connectivity index is 0.00000450. The molecular weight excluding hydrogens is 489 g/mol. The number of halogens is 1. The molecule has 0 radical (unpaired) electrons. The van der Waals surface area contributed by atoms with Crippen molar-refractivity contribution in [2.75, 3.05) is 65.6 Å². The van der Waals surface area contributed by atoms with Crippen molar-refractivity contribution in [1.82, 2.24) is 20.4 Å².